The van der Waals surface area contributed by atoms with Crippen LogP contribution in [0, 0.1) is 0 Å². The molecule has 2 aromatic carbocycles. The first-order chi connectivity index (χ1) is 13.2. The first kappa shape index (κ1) is 18.8. The molecule has 0 fully saturated rings. The Bertz CT molecular complexity index is 893. The smallest absolute Gasteiger partial charge is 0.234 e. The number of aromatic nitrogens is 2. The predicted octanol–water partition coefficient (Wildman–Crippen LogP) is 4.01. The van der Waals surface area contributed by atoms with Crippen LogP contribution in [0.2, 0.25) is 0 Å². The quantitative estimate of drug-likeness (QED) is 0.596. The molecule has 1 heterocycles. The highest BCUT2D eigenvalue weighted by molar-refractivity contribution is 7.99. The summed E-state index contributed by atoms with van der Waals surface area (Å²) in [7, 11) is 1.63. The fraction of sp³-hybridized carbons (Fsp3) is 0.200. The second kappa shape index (κ2) is 9.14. The lowest BCUT2D eigenvalue weighted by molar-refractivity contribution is -0.113. The second-order valence-corrected chi connectivity index (χ2v) is 6.52. The molecule has 7 heteroatoms. The number of anilines is 1. The summed E-state index contributed by atoms with van der Waals surface area (Å²) < 4.78 is 12.6. The molecule has 6 nitrogen and oxygen atoms in total. The van der Waals surface area contributed by atoms with E-state index in [4.69, 9.17) is 9.47 Å². The Morgan fingerprint density at radius 2 is 2.00 bits per heavy atom. The zero-order chi connectivity index (χ0) is 19.1. The van der Waals surface area contributed by atoms with E-state index in [0.29, 0.717) is 6.61 Å². The number of nitrogens with zero attached hydrogens (tertiary/aromatic N) is 2. The molecule has 3 aromatic rings. The van der Waals surface area contributed by atoms with Crippen molar-refractivity contribution >= 4 is 23.4 Å². The van der Waals surface area contributed by atoms with Crippen molar-refractivity contribution in [2.45, 2.75) is 12.1 Å². The molecule has 1 N–H and O–H groups in total. The highest BCUT2D eigenvalue weighted by atomic mass is 32.2. The van der Waals surface area contributed by atoms with Gasteiger partial charge in [-0.25, -0.2) is 4.98 Å². The lowest BCUT2D eigenvalue weighted by atomic mass is 10.3. The topological polar surface area (TPSA) is 65.4 Å². The maximum absolute atomic E-state index is 12.2. The van der Waals surface area contributed by atoms with Crippen molar-refractivity contribution < 1.29 is 14.3 Å². The number of hydrogen-bond donors (Lipinski definition) is 1. The van der Waals surface area contributed by atoms with E-state index in [9.17, 15) is 4.79 Å². The van der Waals surface area contributed by atoms with Crippen molar-refractivity contribution in [1.29, 1.82) is 0 Å². The van der Waals surface area contributed by atoms with Gasteiger partial charge in [0.25, 0.3) is 0 Å². The van der Waals surface area contributed by atoms with E-state index >= 15 is 0 Å². The number of carbonyl (C=O) groups is 1. The van der Waals surface area contributed by atoms with Crippen LogP contribution in [0.15, 0.2) is 66.1 Å². The fourth-order valence-electron chi connectivity index (χ4n) is 2.48. The minimum absolute atomic E-state index is 0.0932. The van der Waals surface area contributed by atoms with Crippen LogP contribution in [0.3, 0.4) is 0 Å². The molecule has 0 atom stereocenters. The molecule has 0 saturated carbocycles. The van der Waals surface area contributed by atoms with Gasteiger partial charge in [0.15, 0.2) is 5.16 Å². The largest absolute Gasteiger partial charge is 0.497 e. The Balaban J connectivity index is 1.60. The molecular formula is C20H21N3O3S. The van der Waals surface area contributed by atoms with Crippen LogP contribution in [0.5, 0.6) is 11.5 Å². The third-order valence-electron chi connectivity index (χ3n) is 3.72. The molecule has 0 aliphatic carbocycles. The fourth-order valence-corrected chi connectivity index (χ4v) is 3.25. The zero-order valence-corrected chi connectivity index (χ0v) is 16.0. The average molecular weight is 383 g/mol. The maximum Gasteiger partial charge on any atom is 0.234 e. The number of hydrogen-bond acceptors (Lipinski definition) is 5. The van der Waals surface area contributed by atoms with Crippen molar-refractivity contribution in [1.82, 2.24) is 9.55 Å². The number of amides is 1. The number of thioether (sulfide) groups is 1. The zero-order valence-electron chi connectivity index (χ0n) is 15.2. The average Bonchev–Trinajstić information content (AvgIpc) is 3.17. The third kappa shape index (κ3) is 5.04. The number of methoxy groups -OCH3 is 1. The molecular weight excluding hydrogens is 362 g/mol. The molecule has 1 amide bonds. The first-order valence-corrected chi connectivity index (χ1v) is 9.51. The highest BCUT2D eigenvalue weighted by Gasteiger charge is 2.10. The predicted molar refractivity (Wildman–Crippen MR) is 107 cm³/mol. The van der Waals surface area contributed by atoms with Gasteiger partial charge >= 0.3 is 0 Å². The number of benzene rings is 2. The number of imidazole rings is 1. The Morgan fingerprint density at radius 1 is 1.19 bits per heavy atom. The lowest BCUT2D eigenvalue weighted by Gasteiger charge is -2.09. The summed E-state index contributed by atoms with van der Waals surface area (Å²) in [5, 5.41) is 3.62. The van der Waals surface area contributed by atoms with Gasteiger partial charge in [0, 0.05) is 24.1 Å². The van der Waals surface area contributed by atoms with E-state index < -0.39 is 0 Å². The van der Waals surface area contributed by atoms with Crippen molar-refractivity contribution in [2.24, 2.45) is 0 Å². The standard InChI is InChI=1S/C20H21N3O3S/c1-3-26-17-9-7-15(8-10-17)22-19(24)14-27-20-21-11-12-23(20)16-5-4-6-18(13-16)25-2/h4-13H,3,14H2,1-2H3,(H,22,24). The molecule has 0 saturated heterocycles. The van der Waals surface area contributed by atoms with E-state index in [1.54, 1.807) is 13.3 Å². The van der Waals surface area contributed by atoms with Crippen LogP contribution >= 0.6 is 11.8 Å². The van der Waals surface area contributed by atoms with Gasteiger partial charge in [-0.15, -0.1) is 0 Å². The van der Waals surface area contributed by atoms with Crippen molar-refractivity contribution in [3.63, 3.8) is 0 Å². The maximum atomic E-state index is 12.2. The molecule has 1 aromatic heterocycles. The molecule has 3 rings (SSSR count). The van der Waals surface area contributed by atoms with E-state index in [1.807, 2.05) is 66.2 Å². The summed E-state index contributed by atoms with van der Waals surface area (Å²) in [4.78, 5) is 16.6. The highest BCUT2D eigenvalue weighted by Crippen LogP contribution is 2.23. The van der Waals surface area contributed by atoms with Gasteiger partial charge in [-0.2, -0.15) is 0 Å². The normalized spacial score (nSPS) is 10.4. The van der Waals surface area contributed by atoms with Crippen LogP contribution < -0.4 is 14.8 Å². The molecule has 0 radical (unpaired) electrons. The van der Waals surface area contributed by atoms with Crippen LogP contribution in [0.25, 0.3) is 5.69 Å². The van der Waals surface area contributed by atoms with Crippen LogP contribution in [-0.2, 0) is 4.79 Å². The van der Waals surface area contributed by atoms with E-state index in [0.717, 1.165) is 28.0 Å². The van der Waals surface area contributed by atoms with Crippen molar-refractivity contribution in [3.05, 3.63) is 60.9 Å². The van der Waals surface area contributed by atoms with Gasteiger partial charge in [0.1, 0.15) is 11.5 Å². The second-order valence-electron chi connectivity index (χ2n) is 5.58. The molecule has 0 aliphatic heterocycles. The minimum Gasteiger partial charge on any atom is -0.497 e. The molecule has 0 bridgehead atoms. The lowest BCUT2D eigenvalue weighted by Crippen LogP contribution is -2.14. The van der Waals surface area contributed by atoms with Gasteiger partial charge in [0.2, 0.25) is 5.91 Å². The first-order valence-electron chi connectivity index (χ1n) is 8.53. The summed E-state index contributed by atoms with van der Waals surface area (Å²) in [6, 6.07) is 15.0. The number of carbonyl (C=O) groups excluding carboxylic acids is 1. The summed E-state index contributed by atoms with van der Waals surface area (Å²) in [5.41, 5.74) is 1.67. The number of ether oxygens (including phenoxy) is 2. The van der Waals surface area contributed by atoms with Gasteiger partial charge in [0.05, 0.1) is 25.2 Å². The summed E-state index contributed by atoms with van der Waals surface area (Å²) in [6.07, 6.45) is 3.58. The monoisotopic (exact) mass is 383 g/mol. The molecule has 140 valence electrons. The van der Waals surface area contributed by atoms with Gasteiger partial charge in [-0.05, 0) is 43.3 Å². The summed E-state index contributed by atoms with van der Waals surface area (Å²) >= 11 is 1.37. The van der Waals surface area contributed by atoms with E-state index in [-0.39, 0.29) is 11.7 Å². The SMILES string of the molecule is CCOc1ccc(NC(=O)CSc2nccn2-c2cccc(OC)c2)cc1. The minimum atomic E-state index is -0.0932. The molecule has 0 aliphatic rings. The van der Waals surface area contributed by atoms with Crippen molar-refractivity contribution in [2.75, 3.05) is 24.8 Å². The van der Waals surface area contributed by atoms with E-state index in [1.165, 1.54) is 11.8 Å². The number of nitrogens with one attached hydrogen (secondary N) is 1. The Kier molecular flexibility index (Phi) is 6.38. The Hall–Kier alpha value is -2.93. The number of rotatable bonds is 8. The van der Waals surface area contributed by atoms with Crippen molar-refractivity contribution in [3.8, 4) is 17.2 Å². The van der Waals surface area contributed by atoms with Gasteiger partial charge in [-0.3, -0.25) is 9.36 Å². The third-order valence-corrected chi connectivity index (χ3v) is 4.69. The van der Waals surface area contributed by atoms with Crippen LogP contribution in [0.1, 0.15) is 6.92 Å². The van der Waals surface area contributed by atoms with E-state index in [2.05, 4.69) is 10.3 Å². The summed E-state index contributed by atoms with van der Waals surface area (Å²) in [6.45, 7) is 2.55. The van der Waals surface area contributed by atoms with Crippen LogP contribution in [0.4, 0.5) is 5.69 Å². The van der Waals surface area contributed by atoms with Crippen LogP contribution in [-0.4, -0.2) is 34.9 Å². The van der Waals surface area contributed by atoms with Gasteiger partial charge < -0.3 is 14.8 Å². The van der Waals surface area contributed by atoms with Gasteiger partial charge in [-0.1, -0.05) is 17.8 Å². The Morgan fingerprint density at radius 3 is 2.74 bits per heavy atom. The molecule has 0 spiro atoms. The Labute approximate surface area is 162 Å². The summed E-state index contributed by atoms with van der Waals surface area (Å²) in [5.74, 6) is 1.72. The molecule has 27 heavy (non-hydrogen) atoms. The molecule has 0 unspecified atom stereocenters.